The zero-order valence-corrected chi connectivity index (χ0v) is 17.1. The van der Waals surface area contributed by atoms with Crippen LogP contribution in [0.1, 0.15) is 23.6 Å². The lowest BCUT2D eigenvalue weighted by atomic mass is 10.1. The summed E-state index contributed by atoms with van der Waals surface area (Å²) in [5, 5.41) is 7.13. The molecule has 2 aromatic rings. The van der Waals surface area contributed by atoms with E-state index in [2.05, 4.69) is 58.7 Å². The Balaban J connectivity index is 0.00000288. The van der Waals surface area contributed by atoms with Crippen molar-refractivity contribution < 1.29 is 0 Å². The van der Waals surface area contributed by atoms with Gasteiger partial charge in [0.1, 0.15) is 5.15 Å². The van der Waals surface area contributed by atoms with E-state index in [-0.39, 0.29) is 24.0 Å². The molecule has 2 rings (SSSR count). The first-order chi connectivity index (χ1) is 11.2. The highest BCUT2D eigenvalue weighted by Crippen LogP contribution is 2.06. The van der Waals surface area contributed by atoms with Gasteiger partial charge in [-0.05, 0) is 37.5 Å². The molecule has 0 bridgehead atoms. The molecule has 1 aromatic heterocycles. The van der Waals surface area contributed by atoms with Crippen molar-refractivity contribution in [3.8, 4) is 0 Å². The van der Waals surface area contributed by atoms with Gasteiger partial charge in [0.05, 0.1) is 6.54 Å². The number of pyridine rings is 1. The van der Waals surface area contributed by atoms with E-state index in [4.69, 9.17) is 11.6 Å². The van der Waals surface area contributed by atoms with Crippen LogP contribution in [0.25, 0.3) is 0 Å². The van der Waals surface area contributed by atoms with Crippen molar-refractivity contribution in [3.63, 3.8) is 0 Å². The van der Waals surface area contributed by atoms with Gasteiger partial charge in [0.2, 0.25) is 0 Å². The van der Waals surface area contributed by atoms with E-state index in [0.29, 0.717) is 11.7 Å². The fraction of sp³-hybridized carbons (Fsp3) is 0.333. The van der Waals surface area contributed by atoms with Crippen LogP contribution in [-0.4, -0.2) is 24.0 Å². The van der Waals surface area contributed by atoms with E-state index in [1.54, 1.807) is 6.20 Å². The Bertz CT molecular complexity index is 626. The summed E-state index contributed by atoms with van der Waals surface area (Å²) in [7, 11) is 0. The van der Waals surface area contributed by atoms with Crippen molar-refractivity contribution in [1.82, 2.24) is 15.6 Å². The molecule has 0 spiro atoms. The Kier molecular flexibility index (Phi) is 9.71. The quantitative estimate of drug-likeness (QED) is 0.298. The molecule has 6 heteroatoms. The van der Waals surface area contributed by atoms with Crippen LogP contribution < -0.4 is 10.6 Å². The van der Waals surface area contributed by atoms with Crippen molar-refractivity contribution in [2.24, 2.45) is 4.99 Å². The molecule has 0 saturated heterocycles. The molecule has 0 aliphatic rings. The third kappa shape index (κ3) is 7.49. The molecule has 4 nitrogen and oxygen atoms in total. The Labute approximate surface area is 166 Å². The summed E-state index contributed by atoms with van der Waals surface area (Å²) in [6.45, 7) is 6.44. The predicted molar refractivity (Wildman–Crippen MR) is 112 cm³/mol. The smallest absolute Gasteiger partial charge is 0.191 e. The van der Waals surface area contributed by atoms with Gasteiger partial charge in [-0.15, -0.1) is 24.0 Å². The lowest BCUT2D eigenvalue weighted by molar-refractivity contribution is 0.798. The predicted octanol–water partition coefficient (Wildman–Crippen LogP) is 3.96. The first-order valence-corrected chi connectivity index (χ1v) is 8.23. The molecule has 2 N–H and O–H groups in total. The minimum Gasteiger partial charge on any atom is -0.357 e. The zero-order valence-electron chi connectivity index (χ0n) is 14.1. The van der Waals surface area contributed by atoms with Gasteiger partial charge in [0.15, 0.2) is 5.96 Å². The number of guanidine groups is 1. The molecular weight excluding hydrogens is 435 g/mol. The average molecular weight is 459 g/mol. The van der Waals surface area contributed by atoms with E-state index in [1.165, 1.54) is 11.1 Å². The highest BCUT2D eigenvalue weighted by Gasteiger charge is 1.99. The standard InChI is InChI=1S/C18H23ClN4.HI/c1-3-20-18(23-13-15-6-4-14(2)5-7-15)21-11-10-16-8-9-17(19)22-12-16;/h4-9,12H,3,10-11,13H2,1-2H3,(H2,20,21,23);1H. The van der Waals surface area contributed by atoms with E-state index >= 15 is 0 Å². The number of hydrogen-bond acceptors (Lipinski definition) is 2. The van der Waals surface area contributed by atoms with Crippen LogP contribution >= 0.6 is 35.6 Å². The molecule has 1 heterocycles. The van der Waals surface area contributed by atoms with Crippen molar-refractivity contribution in [2.75, 3.05) is 13.1 Å². The summed E-state index contributed by atoms with van der Waals surface area (Å²) >= 11 is 5.79. The van der Waals surface area contributed by atoms with Crippen molar-refractivity contribution >= 4 is 41.5 Å². The van der Waals surface area contributed by atoms with E-state index in [0.717, 1.165) is 31.0 Å². The number of hydrogen-bond donors (Lipinski definition) is 2. The molecule has 0 aliphatic carbocycles. The second-order valence-electron chi connectivity index (χ2n) is 5.35. The lowest BCUT2D eigenvalue weighted by Crippen LogP contribution is -2.38. The van der Waals surface area contributed by atoms with Gasteiger partial charge >= 0.3 is 0 Å². The molecular formula is C18H24ClIN4. The van der Waals surface area contributed by atoms with Gasteiger partial charge in [-0.2, -0.15) is 0 Å². The van der Waals surface area contributed by atoms with Crippen LogP contribution in [0.4, 0.5) is 0 Å². The third-order valence-electron chi connectivity index (χ3n) is 3.38. The molecule has 0 radical (unpaired) electrons. The van der Waals surface area contributed by atoms with E-state index in [1.807, 2.05) is 12.1 Å². The minimum absolute atomic E-state index is 0. The minimum atomic E-state index is 0. The fourth-order valence-electron chi connectivity index (χ4n) is 2.09. The molecule has 1 aromatic carbocycles. The van der Waals surface area contributed by atoms with Crippen molar-refractivity contribution in [3.05, 3.63) is 64.4 Å². The van der Waals surface area contributed by atoms with E-state index < -0.39 is 0 Å². The first kappa shape index (κ1) is 20.7. The Hall–Kier alpha value is -1.34. The third-order valence-corrected chi connectivity index (χ3v) is 3.60. The molecule has 0 atom stereocenters. The summed E-state index contributed by atoms with van der Waals surface area (Å²) in [6, 6.07) is 12.3. The maximum atomic E-state index is 5.79. The number of aliphatic imine (C=N–C) groups is 1. The van der Waals surface area contributed by atoms with Gasteiger partial charge < -0.3 is 10.6 Å². The number of nitrogens with zero attached hydrogens (tertiary/aromatic N) is 2. The Morgan fingerprint density at radius 1 is 1.08 bits per heavy atom. The molecule has 24 heavy (non-hydrogen) atoms. The summed E-state index contributed by atoms with van der Waals surface area (Å²) in [4.78, 5) is 8.70. The average Bonchev–Trinajstić information content (AvgIpc) is 2.56. The molecule has 130 valence electrons. The number of aromatic nitrogens is 1. The van der Waals surface area contributed by atoms with Gasteiger partial charge in [0, 0.05) is 19.3 Å². The highest BCUT2D eigenvalue weighted by atomic mass is 127. The van der Waals surface area contributed by atoms with Crippen LogP contribution in [0.5, 0.6) is 0 Å². The number of benzene rings is 1. The zero-order chi connectivity index (χ0) is 16.5. The van der Waals surface area contributed by atoms with Crippen molar-refractivity contribution in [2.45, 2.75) is 26.8 Å². The molecule has 0 amide bonds. The summed E-state index contributed by atoms with van der Waals surface area (Å²) < 4.78 is 0. The van der Waals surface area contributed by atoms with Crippen LogP contribution in [0, 0.1) is 6.92 Å². The summed E-state index contributed by atoms with van der Waals surface area (Å²) in [5.74, 6) is 0.829. The molecule has 0 saturated carbocycles. The molecule has 0 aliphatic heterocycles. The number of rotatable bonds is 6. The normalized spacial score (nSPS) is 10.9. The number of nitrogens with one attached hydrogen (secondary N) is 2. The van der Waals surface area contributed by atoms with Crippen molar-refractivity contribution in [1.29, 1.82) is 0 Å². The van der Waals surface area contributed by atoms with Gasteiger partial charge in [-0.3, -0.25) is 0 Å². The first-order valence-electron chi connectivity index (χ1n) is 7.85. The van der Waals surface area contributed by atoms with Gasteiger partial charge in [0.25, 0.3) is 0 Å². The maximum Gasteiger partial charge on any atom is 0.191 e. The van der Waals surface area contributed by atoms with Gasteiger partial charge in [-0.1, -0.05) is 47.5 Å². The van der Waals surface area contributed by atoms with Crippen LogP contribution in [0.2, 0.25) is 5.15 Å². The molecule has 0 unspecified atom stereocenters. The second-order valence-corrected chi connectivity index (χ2v) is 5.73. The fourth-order valence-corrected chi connectivity index (χ4v) is 2.20. The Morgan fingerprint density at radius 2 is 1.79 bits per heavy atom. The van der Waals surface area contributed by atoms with Gasteiger partial charge in [-0.25, -0.2) is 9.98 Å². The maximum absolute atomic E-state index is 5.79. The monoisotopic (exact) mass is 458 g/mol. The Morgan fingerprint density at radius 3 is 2.42 bits per heavy atom. The van der Waals surface area contributed by atoms with Crippen LogP contribution in [0.15, 0.2) is 47.6 Å². The highest BCUT2D eigenvalue weighted by molar-refractivity contribution is 14.0. The summed E-state index contributed by atoms with van der Waals surface area (Å²) in [6.07, 6.45) is 2.68. The number of aryl methyl sites for hydroxylation is 1. The second kappa shape index (κ2) is 11.3. The molecule has 0 fully saturated rings. The number of halogens is 2. The SMILES string of the molecule is CCNC(=NCc1ccc(C)cc1)NCCc1ccc(Cl)nc1.I. The topological polar surface area (TPSA) is 49.3 Å². The lowest BCUT2D eigenvalue weighted by Gasteiger charge is -2.11. The largest absolute Gasteiger partial charge is 0.357 e. The van der Waals surface area contributed by atoms with E-state index in [9.17, 15) is 0 Å². The summed E-state index contributed by atoms with van der Waals surface area (Å²) in [5.41, 5.74) is 3.62. The van der Waals surface area contributed by atoms with Crippen LogP contribution in [0.3, 0.4) is 0 Å². The van der Waals surface area contributed by atoms with Crippen LogP contribution in [-0.2, 0) is 13.0 Å².